The molecule has 214 valence electrons. The zero-order chi connectivity index (χ0) is 29.2. The van der Waals surface area contributed by atoms with Crippen molar-refractivity contribution < 1.29 is 27.5 Å². The van der Waals surface area contributed by atoms with Crippen molar-refractivity contribution >= 4 is 23.2 Å². The van der Waals surface area contributed by atoms with Crippen LogP contribution in [0.3, 0.4) is 0 Å². The summed E-state index contributed by atoms with van der Waals surface area (Å²) in [5.41, 5.74) is 13.1. The molecule has 0 aliphatic carbocycles. The van der Waals surface area contributed by atoms with E-state index in [0.717, 1.165) is 6.07 Å². The Labute approximate surface area is 231 Å². The molecular formula is C29H34F3N5O3. The Hall–Kier alpha value is -3.86. The first kappa shape index (κ1) is 29.1. The first-order chi connectivity index (χ1) is 18.9. The maximum absolute atomic E-state index is 14.0. The summed E-state index contributed by atoms with van der Waals surface area (Å²) < 4.78 is 48.7. The average molecular weight is 558 g/mol. The van der Waals surface area contributed by atoms with Crippen molar-refractivity contribution in [1.82, 2.24) is 9.78 Å². The van der Waals surface area contributed by atoms with Crippen LogP contribution in [0.2, 0.25) is 0 Å². The minimum atomic E-state index is -4.54. The molecule has 4 N–H and O–H groups in total. The van der Waals surface area contributed by atoms with Crippen molar-refractivity contribution in [1.29, 1.82) is 0 Å². The zero-order valence-electron chi connectivity index (χ0n) is 22.8. The minimum Gasteiger partial charge on any atom is -0.383 e. The van der Waals surface area contributed by atoms with Crippen LogP contribution in [0.25, 0.3) is 11.3 Å². The van der Waals surface area contributed by atoms with E-state index in [9.17, 15) is 22.8 Å². The lowest BCUT2D eigenvalue weighted by molar-refractivity contribution is -0.137. The second-order valence-electron chi connectivity index (χ2n) is 10.4. The first-order valence-electron chi connectivity index (χ1n) is 13.2. The number of ether oxygens (including phenoxy) is 1. The van der Waals surface area contributed by atoms with E-state index in [-0.39, 0.29) is 47.8 Å². The molecule has 0 bridgehead atoms. The molecule has 1 aromatic heterocycles. The molecule has 1 aliphatic rings. The van der Waals surface area contributed by atoms with E-state index in [1.54, 1.807) is 42.3 Å². The number of nitrogens with zero attached hydrogens (tertiary/aromatic N) is 3. The lowest BCUT2D eigenvalue weighted by Crippen LogP contribution is -2.37. The number of primary amides is 1. The standard InChI is InChI=1S/C29H34F3N5O3/c1-17(2)37-27(33)25(28(34)39)26(35-37)20-7-4-18(5-8-20)14-21(38)15-19-6-9-24(23(16-19)29(30,31)32)36-12-10-22(40-3)11-13-36/h4-9,16-17,22H,10-15,33H2,1-3H3,(H2,34,39). The van der Waals surface area contributed by atoms with Crippen molar-refractivity contribution in [3.05, 3.63) is 64.7 Å². The van der Waals surface area contributed by atoms with Gasteiger partial charge in [0.1, 0.15) is 22.9 Å². The summed E-state index contributed by atoms with van der Waals surface area (Å²) in [6.45, 7) is 4.70. The smallest absolute Gasteiger partial charge is 0.383 e. The van der Waals surface area contributed by atoms with Crippen LogP contribution in [0, 0.1) is 0 Å². The largest absolute Gasteiger partial charge is 0.418 e. The molecule has 0 unspecified atom stereocenters. The fourth-order valence-electron chi connectivity index (χ4n) is 5.11. The van der Waals surface area contributed by atoms with Gasteiger partial charge in [-0.2, -0.15) is 18.3 Å². The molecular weight excluding hydrogens is 523 g/mol. The van der Waals surface area contributed by atoms with E-state index < -0.39 is 17.6 Å². The molecule has 2 heterocycles. The van der Waals surface area contributed by atoms with Gasteiger partial charge < -0.3 is 21.1 Å². The third-order valence-corrected chi connectivity index (χ3v) is 7.20. The van der Waals surface area contributed by atoms with Gasteiger partial charge in [-0.15, -0.1) is 0 Å². The summed E-state index contributed by atoms with van der Waals surface area (Å²) in [6.07, 6.45) is -3.26. The second-order valence-corrected chi connectivity index (χ2v) is 10.4. The van der Waals surface area contributed by atoms with Gasteiger partial charge in [0.15, 0.2) is 0 Å². The summed E-state index contributed by atoms with van der Waals surface area (Å²) in [5.74, 6) is -0.733. The minimum absolute atomic E-state index is 0.0408. The number of hydrogen-bond donors (Lipinski definition) is 2. The van der Waals surface area contributed by atoms with Crippen molar-refractivity contribution in [2.24, 2.45) is 5.73 Å². The highest BCUT2D eigenvalue weighted by Crippen LogP contribution is 2.38. The van der Waals surface area contributed by atoms with Crippen molar-refractivity contribution in [2.75, 3.05) is 30.8 Å². The van der Waals surface area contributed by atoms with E-state index in [2.05, 4.69) is 5.10 Å². The van der Waals surface area contributed by atoms with Crippen molar-refractivity contribution in [3.8, 4) is 11.3 Å². The predicted octanol–water partition coefficient (Wildman–Crippen LogP) is 4.80. The highest BCUT2D eigenvalue weighted by Gasteiger charge is 2.36. The molecule has 3 aromatic rings. The summed E-state index contributed by atoms with van der Waals surface area (Å²) in [4.78, 5) is 26.6. The fraction of sp³-hybridized carbons (Fsp3) is 0.414. The number of piperidine rings is 1. The van der Waals surface area contributed by atoms with Gasteiger partial charge in [0.25, 0.3) is 5.91 Å². The van der Waals surface area contributed by atoms with Gasteiger partial charge in [0.05, 0.1) is 11.7 Å². The molecule has 1 fully saturated rings. The van der Waals surface area contributed by atoms with Crippen LogP contribution in [0.15, 0.2) is 42.5 Å². The van der Waals surface area contributed by atoms with Gasteiger partial charge in [0.2, 0.25) is 0 Å². The number of rotatable bonds is 9. The third-order valence-electron chi connectivity index (χ3n) is 7.20. The number of carbonyl (C=O) groups excluding carboxylic acids is 2. The van der Waals surface area contributed by atoms with Gasteiger partial charge in [-0.05, 0) is 49.9 Å². The normalized spacial score (nSPS) is 14.6. The third kappa shape index (κ3) is 6.30. The van der Waals surface area contributed by atoms with Crippen molar-refractivity contribution in [2.45, 2.75) is 57.9 Å². The summed E-state index contributed by atoms with van der Waals surface area (Å²) >= 11 is 0. The Morgan fingerprint density at radius 3 is 2.20 bits per heavy atom. The number of nitrogens with two attached hydrogens (primary N) is 2. The highest BCUT2D eigenvalue weighted by atomic mass is 19.4. The molecule has 40 heavy (non-hydrogen) atoms. The molecule has 1 aliphatic heterocycles. The van der Waals surface area contributed by atoms with E-state index in [1.165, 1.54) is 10.7 Å². The number of carbonyl (C=O) groups is 2. The molecule has 1 amide bonds. The predicted molar refractivity (Wildman–Crippen MR) is 147 cm³/mol. The number of anilines is 2. The Kier molecular flexibility index (Phi) is 8.53. The quantitative estimate of drug-likeness (QED) is 0.391. The summed E-state index contributed by atoms with van der Waals surface area (Å²) in [6, 6.07) is 10.9. The highest BCUT2D eigenvalue weighted by molar-refractivity contribution is 6.03. The van der Waals surface area contributed by atoms with E-state index in [1.807, 2.05) is 13.8 Å². The number of Topliss-reactive ketones (excluding diaryl/α,β-unsaturated/α-hetero) is 1. The molecule has 8 nitrogen and oxygen atoms in total. The van der Waals surface area contributed by atoms with E-state index in [0.29, 0.717) is 48.3 Å². The lowest BCUT2D eigenvalue weighted by Gasteiger charge is -2.34. The topological polar surface area (TPSA) is 116 Å². The Morgan fingerprint density at radius 2 is 1.65 bits per heavy atom. The Balaban J connectivity index is 1.48. The first-order valence-corrected chi connectivity index (χ1v) is 13.2. The maximum Gasteiger partial charge on any atom is 0.418 e. The molecule has 4 rings (SSSR count). The van der Waals surface area contributed by atoms with E-state index in [4.69, 9.17) is 16.2 Å². The van der Waals surface area contributed by atoms with Crippen LogP contribution < -0.4 is 16.4 Å². The average Bonchev–Trinajstić information content (AvgIpc) is 3.26. The van der Waals surface area contributed by atoms with Gasteiger partial charge in [-0.25, -0.2) is 4.68 Å². The Morgan fingerprint density at radius 1 is 1.05 bits per heavy atom. The number of alkyl halides is 3. The van der Waals surface area contributed by atoms with Gasteiger partial charge >= 0.3 is 6.18 Å². The van der Waals surface area contributed by atoms with Crippen LogP contribution in [0.1, 0.15) is 59.8 Å². The van der Waals surface area contributed by atoms with Crippen LogP contribution in [-0.2, 0) is 28.5 Å². The number of halogens is 3. The van der Waals surface area contributed by atoms with Gasteiger partial charge in [-0.1, -0.05) is 30.3 Å². The summed E-state index contributed by atoms with van der Waals surface area (Å²) in [5, 5.41) is 4.45. The summed E-state index contributed by atoms with van der Waals surface area (Å²) in [7, 11) is 1.61. The number of ketones is 1. The van der Waals surface area contributed by atoms with E-state index >= 15 is 0 Å². The molecule has 0 saturated carbocycles. The molecule has 11 heteroatoms. The van der Waals surface area contributed by atoms with Crippen LogP contribution >= 0.6 is 0 Å². The molecule has 2 aromatic carbocycles. The zero-order valence-corrected chi connectivity index (χ0v) is 22.8. The number of methoxy groups -OCH3 is 1. The number of nitrogen functional groups attached to an aromatic ring is 1. The number of benzene rings is 2. The van der Waals surface area contributed by atoms with Crippen molar-refractivity contribution in [3.63, 3.8) is 0 Å². The van der Waals surface area contributed by atoms with Gasteiger partial charge in [0, 0.05) is 50.3 Å². The monoisotopic (exact) mass is 557 g/mol. The van der Waals surface area contributed by atoms with Gasteiger partial charge in [-0.3, -0.25) is 9.59 Å². The van der Waals surface area contributed by atoms with Crippen LogP contribution in [-0.4, -0.2) is 47.8 Å². The number of hydrogen-bond acceptors (Lipinski definition) is 6. The fourth-order valence-corrected chi connectivity index (χ4v) is 5.11. The number of aromatic nitrogens is 2. The van der Waals surface area contributed by atoms with Crippen LogP contribution in [0.5, 0.6) is 0 Å². The Bertz CT molecular complexity index is 1370. The molecule has 1 saturated heterocycles. The molecule has 0 atom stereocenters. The number of amides is 1. The second kappa shape index (κ2) is 11.7. The molecule has 0 spiro atoms. The lowest BCUT2D eigenvalue weighted by atomic mass is 9.98. The SMILES string of the molecule is COC1CCN(c2ccc(CC(=O)Cc3ccc(-c4nn(C(C)C)c(N)c4C(N)=O)cc3)cc2C(F)(F)F)CC1. The molecule has 0 radical (unpaired) electrons. The van der Waals surface area contributed by atoms with Crippen LogP contribution in [0.4, 0.5) is 24.7 Å². The maximum atomic E-state index is 14.0.